The van der Waals surface area contributed by atoms with E-state index in [0.29, 0.717) is 0 Å². The molecule has 0 amide bonds. The van der Waals surface area contributed by atoms with E-state index in [9.17, 15) is 0 Å². The van der Waals surface area contributed by atoms with Gasteiger partial charge in [-0.25, -0.2) is 0 Å². The van der Waals surface area contributed by atoms with Crippen LogP contribution in [-0.2, 0) is 11.5 Å². The summed E-state index contributed by atoms with van der Waals surface area (Å²) in [7, 11) is 0. The number of hydrogen-bond donors (Lipinski definition) is 0. The van der Waals surface area contributed by atoms with Gasteiger partial charge in [0.05, 0.1) is 0 Å². The van der Waals surface area contributed by atoms with Crippen molar-refractivity contribution in [2.24, 2.45) is 0 Å². The maximum atomic E-state index is 6.46. The molecule has 0 bridgehead atoms. The summed E-state index contributed by atoms with van der Waals surface area (Å²) >= 11 is -0.196. The van der Waals surface area contributed by atoms with E-state index >= 15 is 0 Å². The van der Waals surface area contributed by atoms with Gasteiger partial charge in [-0.05, 0) is 0 Å². The number of aryl methyl sites for hydroxylation is 3. The Bertz CT molecular complexity index is 785. The second-order valence-electron chi connectivity index (χ2n) is 6.53. The normalized spacial score (nSPS) is 12.7. The maximum absolute atomic E-state index is 6.46. The van der Waals surface area contributed by atoms with E-state index in [0.717, 1.165) is 17.2 Å². The fourth-order valence-electron chi connectivity index (χ4n) is 2.44. The first kappa shape index (κ1) is 21.1. The van der Waals surface area contributed by atoms with Crippen molar-refractivity contribution in [3.05, 3.63) is 89.5 Å². The summed E-state index contributed by atoms with van der Waals surface area (Å²) in [5, 5.41) is 0. The second kappa shape index (κ2) is 8.41. The van der Waals surface area contributed by atoms with Crippen LogP contribution < -0.4 is 8.56 Å². The molecule has 0 aliphatic carbocycles. The zero-order valence-electron chi connectivity index (χ0n) is 15.4. The van der Waals surface area contributed by atoms with Crippen molar-refractivity contribution in [1.29, 1.82) is 0 Å². The van der Waals surface area contributed by atoms with Crippen molar-refractivity contribution >= 4 is 36.3 Å². The summed E-state index contributed by atoms with van der Waals surface area (Å²) in [6.45, 7) is 6.16. The predicted octanol–water partition coefficient (Wildman–Crippen LogP) is 7.28. The molecule has 6 heteroatoms. The third-order valence-electron chi connectivity index (χ3n) is 3.90. The predicted molar refractivity (Wildman–Crippen MR) is 123 cm³/mol. The van der Waals surface area contributed by atoms with E-state index in [2.05, 4.69) is 57.0 Å². The number of hydrogen-bond acceptors (Lipinski definition) is 3. The summed E-state index contributed by atoms with van der Waals surface area (Å²) in [5.41, 5.74) is 3.54. The quantitative estimate of drug-likeness (QED) is 0.196. The van der Waals surface area contributed by atoms with Crippen molar-refractivity contribution in [1.82, 2.24) is 0 Å². The van der Waals surface area contributed by atoms with Crippen LogP contribution in [0.15, 0.2) is 72.8 Å². The van der Waals surface area contributed by atoms with Crippen LogP contribution in [0.25, 0.3) is 0 Å². The van der Waals surface area contributed by atoms with E-state index in [-0.39, 0.29) is 0 Å². The van der Waals surface area contributed by atoms with Crippen molar-refractivity contribution in [2.45, 2.75) is 20.8 Å². The molecule has 0 saturated carbocycles. The molecule has 3 nitrogen and oxygen atoms in total. The van der Waals surface area contributed by atoms with Crippen LogP contribution in [0.2, 0.25) is 0 Å². The summed E-state index contributed by atoms with van der Waals surface area (Å²) in [5.74, 6) is 2.25. The zero-order chi connectivity index (χ0) is 19.5. The van der Waals surface area contributed by atoms with Crippen molar-refractivity contribution < 1.29 is 20.1 Å². The van der Waals surface area contributed by atoms with Crippen LogP contribution in [-0.4, -0.2) is 0 Å². The van der Waals surface area contributed by atoms with E-state index in [1.54, 1.807) is 0 Å². The molecule has 0 fully saturated rings. The fraction of sp³-hybridized carbons (Fsp3) is 0.143. The summed E-state index contributed by atoms with van der Waals surface area (Å²) in [6, 6.07) is 23.9. The molecular weight excluding hydrogens is 733 g/mol. The molecule has 3 rings (SSSR count). The molecule has 0 heterocycles. The van der Waals surface area contributed by atoms with Crippen LogP contribution in [0.3, 0.4) is 0 Å². The van der Waals surface area contributed by atoms with Gasteiger partial charge < -0.3 is 0 Å². The average molecular weight is 754 g/mol. The molecule has 0 spiro atoms. The van der Waals surface area contributed by atoms with Gasteiger partial charge in [-0.3, -0.25) is 0 Å². The van der Waals surface area contributed by atoms with Gasteiger partial charge in [0.15, 0.2) is 0 Å². The van der Waals surface area contributed by atoms with Crippen LogP contribution in [0.1, 0.15) is 16.7 Å². The average Bonchev–Trinajstić information content (AvgIpc) is 2.61. The summed E-state index contributed by atoms with van der Waals surface area (Å²) in [4.78, 5) is 0. The molecule has 0 radical (unpaired) electrons. The first-order valence-corrected chi connectivity index (χ1v) is 33.3. The molecule has 0 N–H and O–H groups in total. The number of rotatable bonds is 6. The zero-order valence-corrected chi connectivity index (χ0v) is 23.3. The van der Waals surface area contributed by atoms with Gasteiger partial charge in [0, 0.05) is 0 Å². The molecule has 0 aliphatic heterocycles. The Kier molecular flexibility index (Phi) is 6.57. The molecule has 0 unspecified atom stereocenters. The van der Waals surface area contributed by atoms with Crippen LogP contribution in [0, 0.1) is 20.8 Å². The fourth-order valence-corrected chi connectivity index (χ4v) is 20.8. The molecular formula is C21H21HfI2O3. The Morgan fingerprint density at radius 1 is 0.481 bits per heavy atom. The Morgan fingerprint density at radius 2 is 0.704 bits per heavy atom. The van der Waals surface area contributed by atoms with Gasteiger partial charge in [-0.1, -0.05) is 0 Å². The third-order valence-corrected chi connectivity index (χ3v) is 20.7. The first-order valence-electron chi connectivity index (χ1n) is 8.57. The second-order valence-corrected chi connectivity index (χ2v) is 61.7. The standard InChI is InChI=1S/3C7H8O.Hf.2HI/c3*1-6-2-4-7(8)5-3-6;;;/h3*2-5,8H,1H3;;2*1H/q;;;+5;;/p-5. The van der Waals surface area contributed by atoms with Gasteiger partial charge in [-0.15, -0.1) is 0 Å². The van der Waals surface area contributed by atoms with E-state index in [1.165, 1.54) is 16.7 Å². The van der Waals surface area contributed by atoms with E-state index < -0.39 is 11.5 Å². The topological polar surface area (TPSA) is 27.7 Å². The summed E-state index contributed by atoms with van der Waals surface area (Å²) < 4.78 is 19.4. The number of halogens is 2. The molecule has 0 atom stereocenters. The Labute approximate surface area is 181 Å². The van der Waals surface area contributed by atoms with Crippen molar-refractivity contribution in [2.75, 3.05) is 0 Å². The van der Waals surface area contributed by atoms with Crippen LogP contribution >= 0.6 is 36.3 Å². The van der Waals surface area contributed by atoms with E-state index in [1.807, 2.05) is 72.8 Å². The molecule has 0 saturated heterocycles. The first-order chi connectivity index (χ1) is 12.7. The van der Waals surface area contributed by atoms with Gasteiger partial charge in [0.25, 0.3) is 0 Å². The van der Waals surface area contributed by atoms with Gasteiger partial charge in [0.1, 0.15) is 0 Å². The Hall–Kier alpha value is -0.610. The Balaban J connectivity index is 1.95. The van der Waals surface area contributed by atoms with E-state index in [4.69, 9.17) is 8.56 Å². The molecule has 0 aliphatic rings. The van der Waals surface area contributed by atoms with Crippen molar-refractivity contribution in [3.8, 4) is 17.2 Å². The third kappa shape index (κ3) is 6.19. The molecule has 27 heavy (non-hydrogen) atoms. The minimum atomic E-state index is -4.77. The summed E-state index contributed by atoms with van der Waals surface area (Å²) in [6.07, 6.45) is 0. The molecule has 141 valence electrons. The Morgan fingerprint density at radius 3 is 0.926 bits per heavy atom. The van der Waals surface area contributed by atoms with Gasteiger partial charge in [-0.2, -0.15) is 0 Å². The van der Waals surface area contributed by atoms with Crippen molar-refractivity contribution in [3.63, 3.8) is 0 Å². The monoisotopic (exact) mass is 755 g/mol. The van der Waals surface area contributed by atoms with Crippen LogP contribution in [0.4, 0.5) is 0 Å². The molecule has 3 aromatic carbocycles. The number of benzene rings is 3. The molecule has 0 aromatic heterocycles. The molecule has 3 aromatic rings. The SMILES string of the molecule is Cc1ccc([O][Hf]([I])([I])([O]c2ccc(C)cc2)[O]c2ccc(C)cc2)cc1. The van der Waals surface area contributed by atoms with Crippen LogP contribution in [0.5, 0.6) is 17.2 Å². The van der Waals surface area contributed by atoms with Gasteiger partial charge >= 0.3 is 184 Å². The van der Waals surface area contributed by atoms with Gasteiger partial charge in [0.2, 0.25) is 0 Å². The minimum absolute atomic E-state index is 0.749.